The van der Waals surface area contributed by atoms with Gasteiger partial charge in [0, 0.05) is 38.3 Å². The van der Waals surface area contributed by atoms with Gasteiger partial charge >= 0.3 is 5.97 Å². The fourth-order valence-corrected chi connectivity index (χ4v) is 5.32. The maximum Gasteiger partial charge on any atom is 0.355 e. The Morgan fingerprint density at radius 1 is 0.970 bits per heavy atom. The first-order chi connectivity index (χ1) is 15.7. The third kappa shape index (κ3) is 4.94. The maximum atomic E-state index is 12.9. The molecule has 1 amide bonds. The number of amides is 1. The number of ether oxygens (including phenoxy) is 1. The van der Waals surface area contributed by atoms with E-state index in [9.17, 15) is 18.0 Å². The predicted octanol–water partition coefficient (Wildman–Crippen LogP) is 3.42. The molecule has 0 aliphatic heterocycles. The van der Waals surface area contributed by atoms with Crippen molar-refractivity contribution in [3.63, 3.8) is 0 Å². The average Bonchev–Trinajstić information content (AvgIpc) is 3.21. The van der Waals surface area contributed by atoms with E-state index in [1.165, 1.54) is 21.1 Å². The monoisotopic (exact) mass is 471 g/mol. The van der Waals surface area contributed by atoms with Gasteiger partial charge in [-0.1, -0.05) is 50.2 Å². The van der Waals surface area contributed by atoms with Crippen LogP contribution in [0.15, 0.2) is 59.6 Å². The van der Waals surface area contributed by atoms with E-state index in [2.05, 4.69) is 0 Å². The first-order valence-electron chi connectivity index (χ1n) is 10.9. The number of sulfonamides is 1. The molecule has 0 saturated carbocycles. The van der Waals surface area contributed by atoms with Crippen molar-refractivity contribution in [2.75, 3.05) is 31.1 Å². The molecule has 0 bridgehead atoms. The molecule has 0 fully saturated rings. The van der Waals surface area contributed by atoms with Gasteiger partial charge in [-0.05, 0) is 24.4 Å². The number of carbonyl (C=O) groups is 2. The third-order valence-corrected chi connectivity index (χ3v) is 7.55. The molecule has 9 heteroatoms. The zero-order valence-corrected chi connectivity index (χ0v) is 20.1. The van der Waals surface area contributed by atoms with E-state index in [4.69, 9.17) is 4.74 Å². The lowest BCUT2D eigenvalue weighted by atomic mass is 10.1. The van der Waals surface area contributed by atoms with E-state index >= 15 is 0 Å². The highest BCUT2D eigenvalue weighted by Crippen LogP contribution is 2.27. The molecule has 0 atom stereocenters. The smallest absolute Gasteiger partial charge is 0.355 e. The van der Waals surface area contributed by atoms with E-state index < -0.39 is 22.6 Å². The molecule has 0 radical (unpaired) electrons. The van der Waals surface area contributed by atoms with Crippen molar-refractivity contribution in [1.29, 1.82) is 0 Å². The number of hydrogen-bond acceptors (Lipinski definition) is 5. The van der Waals surface area contributed by atoms with Crippen LogP contribution in [0.4, 0.5) is 5.69 Å². The van der Waals surface area contributed by atoms with Gasteiger partial charge in [-0.2, -0.15) is 4.31 Å². The van der Waals surface area contributed by atoms with Crippen LogP contribution in [0.5, 0.6) is 0 Å². The summed E-state index contributed by atoms with van der Waals surface area (Å²) in [7, 11) is -2.15. The topological polar surface area (TPSA) is 88.9 Å². The molecule has 8 nitrogen and oxygen atoms in total. The maximum absolute atomic E-state index is 12.9. The standard InChI is InChI=1S/C24H29N3O5S/c1-5-26(6-2)33(30,31)19-15-22(25(4)16-19)24(29)32-17-23(28)27(7-3)21-14-10-12-18-11-8-9-13-20(18)21/h8-16H,5-7,17H2,1-4H3. The van der Waals surface area contributed by atoms with Crippen molar-refractivity contribution < 1.29 is 22.7 Å². The second-order valence-corrected chi connectivity index (χ2v) is 9.41. The Labute approximate surface area is 194 Å². The van der Waals surface area contributed by atoms with Crippen LogP contribution in [0, 0.1) is 0 Å². The summed E-state index contributed by atoms with van der Waals surface area (Å²) in [5.41, 5.74) is 0.796. The largest absolute Gasteiger partial charge is 0.451 e. The molecule has 0 aliphatic rings. The Morgan fingerprint density at radius 3 is 2.30 bits per heavy atom. The second-order valence-electron chi connectivity index (χ2n) is 7.47. The molecule has 3 rings (SSSR count). The minimum Gasteiger partial charge on any atom is -0.451 e. The van der Waals surface area contributed by atoms with Crippen LogP contribution in [0.3, 0.4) is 0 Å². The zero-order valence-electron chi connectivity index (χ0n) is 19.3. The highest BCUT2D eigenvalue weighted by Gasteiger charge is 2.26. The summed E-state index contributed by atoms with van der Waals surface area (Å²) in [6.07, 6.45) is 1.38. The summed E-state index contributed by atoms with van der Waals surface area (Å²) in [5, 5.41) is 1.93. The van der Waals surface area contributed by atoms with E-state index in [0.29, 0.717) is 19.6 Å². The number of likely N-dealkylation sites (N-methyl/N-ethyl adjacent to an activating group) is 1. The molecular weight excluding hydrogens is 442 g/mol. The number of benzene rings is 2. The van der Waals surface area contributed by atoms with Crippen molar-refractivity contribution in [2.24, 2.45) is 7.05 Å². The van der Waals surface area contributed by atoms with E-state index in [-0.39, 0.29) is 16.5 Å². The molecule has 1 aromatic heterocycles. The molecule has 176 valence electrons. The molecule has 0 spiro atoms. The summed E-state index contributed by atoms with van der Waals surface area (Å²) < 4.78 is 33.5. The van der Waals surface area contributed by atoms with Crippen molar-refractivity contribution >= 4 is 38.4 Å². The number of hydrogen-bond donors (Lipinski definition) is 0. The van der Waals surface area contributed by atoms with Crippen LogP contribution < -0.4 is 4.90 Å². The van der Waals surface area contributed by atoms with Gasteiger partial charge in [-0.3, -0.25) is 4.79 Å². The molecule has 0 saturated heterocycles. The summed E-state index contributed by atoms with van der Waals surface area (Å²) in [5.74, 6) is -1.13. The normalized spacial score (nSPS) is 11.7. The molecule has 1 heterocycles. The van der Waals surface area contributed by atoms with Gasteiger partial charge in [0.1, 0.15) is 10.6 Å². The van der Waals surface area contributed by atoms with Gasteiger partial charge in [0.15, 0.2) is 6.61 Å². The number of anilines is 1. The number of rotatable bonds is 9. The molecule has 3 aromatic rings. The SMILES string of the molecule is CCN(C(=O)COC(=O)c1cc(S(=O)(=O)N(CC)CC)cn1C)c1cccc2ccccc12. The number of aryl methyl sites for hydroxylation is 1. The fourth-order valence-electron chi connectivity index (χ4n) is 3.79. The lowest BCUT2D eigenvalue weighted by molar-refractivity contribution is -0.121. The lowest BCUT2D eigenvalue weighted by Gasteiger charge is -2.22. The number of fused-ring (bicyclic) bond motifs is 1. The van der Waals surface area contributed by atoms with Crippen LogP contribution in [-0.4, -0.2) is 55.4 Å². The molecule has 0 unspecified atom stereocenters. The van der Waals surface area contributed by atoms with Crippen molar-refractivity contribution in [2.45, 2.75) is 25.7 Å². The third-order valence-electron chi connectivity index (χ3n) is 5.53. The summed E-state index contributed by atoms with van der Waals surface area (Å²) in [4.78, 5) is 27.1. The predicted molar refractivity (Wildman–Crippen MR) is 128 cm³/mol. The van der Waals surface area contributed by atoms with Gasteiger partial charge < -0.3 is 14.2 Å². The minimum absolute atomic E-state index is 0.0120. The molecule has 33 heavy (non-hydrogen) atoms. The van der Waals surface area contributed by atoms with Gasteiger partial charge in [0.05, 0.1) is 5.69 Å². The average molecular weight is 472 g/mol. The number of carbonyl (C=O) groups excluding carboxylic acids is 2. The Balaban J connectivity index is 1.76. The number of nitrogens with zero attached hydrogens (tertiary/aromatic N) is 3. The van der Waals surface area contributed by atoms with Crippen molar-refractivity contribution in [1.82, 2.24) is 8.87 Å². The highest BCUT2D eigenvalue weighted by atomic mass is 32.2. The minimum atomic E-state index is -3.71. The van der Waals surface area contributed by atoms with Crippen molar-refractivity contribution in [3.05, 3.63) is 60.4 Å². The Bertz CT molecular complexity index is 1260. The Morgan fingerprint density at radius 2 is 1.64 bits per heavy atom. The first-order valence-corrected chi connectivity index (χ1v) is 12.3. The van der Waals surface area contributed by atoms with Crippen LogP contribution in [0.1, 0.15) is 31.3 Å². The second kappa shape index (κ2) is 10.2. The van der Waals surface area contributed by atoms with Gasteiger partial charge in [0.25, 0.3) is 5.91 Å². The zero-order chi connectivity index (χ0) is 24.2. The Hall–Kier alpha value is -3.17. The molecule has 2 aromatic carbocycles. The number of esters is 1. The van der Waals surface area contributed by atoms with Crippen LogP contribution in [0.25, 0.3) is 10.8 Å². The van der Waals surface area contributed by atoms with Crippen LogP contribution in [0.2, 0.25) is 0 Å². The van der Waals surface area contributed by atoms with E-state index in [1.54, 1.807) is 25.8 Å². The van der Waals surface area contributed by atoms with E-state index in [1.807, 2.05) is 49.4 Å². The Kier molecular flexibility index (Phi) is 7.55. The van der Waals surface area contributed by atoms with Gasteiger partial charge in [-0.25, -0.2) is 13.2 Å². The highest BCUT2D eigenvalue weighted by molar-refractivity contribution is 7.89. The van der Waals surface area contributed by atoms with E-state index in [0.717, 1.165) is 16.5 Å². The van der Waals surface area contributed by atoms with Gasteiger partial charge in [-0.15, -0.1) is 0 Å². The van der Waals surface area contributed by atoms with Crippen molar-refractivity contribution in [3.8, 4) is 0 Å². The molecule has 0 N–H and O–H groups in total. The van der Waals surface area contributed by atoms with Crippen LogP contribution in [-0.2, 0) is 26.6 Å². The molecule has 0 aliphatic carbocycles. The summed E-state index contributed by atoms with van der Waals surface area (Å²) in [6, 6.07) is 14.7. The quantitative estimate of drug-likeness (QED) is 0.446. The molecular formula is C24H29N3O5S. The van der Waals surface area contributed by atoms with Gasteiger partial charge in [0.2, 0.25) is 10.0 Å². The summed E-state index contributed by atoms with van der Waals surface area (Å²) in [6.45, 7) is 5.94. The van der Waals surface area contributed by atoms with Crippen LogP contribution >= 0.6 is 0 Å². The number of aromatic nitrogens is 1. The summed E-state index contributed by atoms with van der Waals surface area (Å²) >= 11 is 0. The first kappa shape index (κ1) is 24.5. The fraction of sp³-hybridized carbons (Fsp3) is 0.333. The lowest BCUT2D eigenvalue weighted by Crippen LogP contribution is -2.34.